The van der Waals surface area contributed by atoms with Crippen molar-refractivity contribution in [3.8, 4) is 0 Å². The Morgan fingerprint density at radius 3 is 2.40 bits per heavy atom. The molecule has 0 aliphatic carbocycles. The summed E-state index contributed by atoms with van der Waals surface area (Å²) >= 11 is 6.71. The maximum atomic E-state index is 12.9. The van der Waals surface area contributed by atoms with Gasteiger partial charge < -0.3 is 5.32 Å². The van der Waals surface area contributed by atoms with Gasteiger partial charge in [-0.25, -0.2) is 4.39 Å². The van der Waals surface area contributed by atoms with Gasteiger partial charge >= 0.3 is 0 Å². The summed E-state index contributed by atoms with van der Waals surface area (Å²) in [6.45, 7) is 1.86. The third kappa shape index (κ3) is 3.67. The molecular weight excluding hydrogens is 389 g/mol. The van der Waals surface area contributed by atoms with Crippen molar-refractivity contribution in [3.05, 3.63) is 68.4 Å². The Morgan fingerprint density at radius 2 is 1.80 bits per heavy atom. The lowest BCUT2D eigenvalue weighted by Crippen LogP contribution is -2.26. The molecule has 2 nitrogen and oxygen atoms in total. The molecule has 0 saturated heterocycles. The van der Waals surface area contributed by atoms with E-state index in [0.717, 1.165) is 14.5 Å². The van der Waals surface area contributed by atoms with Gasteiger partial charge in [0.25, 0.3) is 5.91 Å². The number of rotatable bonds is 3. The van der Waals surface area contributed by atoms with E-state index in [0.29, 0.717) is 5.56 Å². The van der Waals surface area contributed by atoms with Gasteiger partial charge in [-0.15, -0.1) is 0 Å². The highest BCUT2D eigenvalue weighted by molar-refractivity contribution is 9.11. The fourth-order valence-electron chi connectivity index (χ4n) is 1.78. The van der Waals surface area contributed by atoms with Gasteiger partial charge in [0, 0.05) is 8.95 Å². The van der Waals surface area contributed by atoms with Crippen molar-refractivity contribution in [1.82, 2.24) is 5.32 Å². The van der Waals surface area contributed by atoms with Gasteiger partial charge in [0.2, 0.25) is 0 Å². The smallest absolute Gasteiger partial charge is 0.252 e. The minimum absolute atomic E-state index is 0.179. The predicted octanol–water partition coefficient (Wildman–Crippen LogP) is 4.84. The van der Waals surface area contributed by atoms with Crippen molar-refractivity contribution in [2.75, 3.05) is 0 Å². The number of benzene rings is 2. The number of nitrogens with one attached hydrogen (secondary N) is 1. The number of hydrogen-bond donors (Lipinski definition) is 1. The highest BCUT2D eigenvalue weighted by Gasteiger charge is 2.14. The number of carbonyl (C=O) groups is 1. The first kappa shape index (κ1) is 15.2. The van der Waals surface area contributed by atoms with Gasteiger partial charge in [-0.3, -0.25) is 4.79 Å². The highest BCUT2D eigenvalue weighted by atomic mass is 79.9. The van der Waals surface area contributed by atoms with Crippen LogP contribution in [0.3, 0.4) is 0 Å². The Labute approximate surface area is 133 Å². The first-order valence-electron chi connectivity index (χ1n) is 5.99. The molecule has 0 aromatic heterocycles. The molecule has 2 aromatic carbocycles. The molecule has 2 rings (SSSR count). The second kappa shape index (κ2) is 6.50. The molecule has 0 radical (unpaired) electrons. The standard InChI is InChI=1S/C15H12Br2FNO/c1-9(10-2-5-12(18)6-3-10)19-15(20)13-7-4-11(16)8-14(13)17/h2-9H,1H3,(H,19,20). The Morgan fingerprint density at radius 1 is 1.15 bits per heavy atom. The van der Waals surface area contributed by atoms with Crippen LogP contribution in [0.2, 0.25) is 0 Å². The van der Waals surface area contributed by atoms with Gasteiger partial charge in [-0.2, -0.15) is 0 Å². The summed E-state index contributed by atoms with van der Waals surface area (Å²) in [6.07, 6.45) is 0. The molecule has 0 heterocycles. The molecule has 1 amide bonds. The van der Waals surface area contributed by atoms with E-state index in [1.165, 1.54) is 12.1 Å². The average Bonchev–Trinajstić information content (AvgIpc) is 2.39. The van der Waals surface area contributed by atoms with E-state index in [1.54, 1.807) is 18.2 Å². The van der Waals surface area contributed by atoms with Gasteiger partial charge in [0.1, 0.15) is 5.82 Å². The topological polar surface area (TPSA) is 29.1 Å². The van der Waals surface area contributed by atoms with Crippen LogP contribution in [0.4, 0.5) is 4.39 Å². The highest BCUT2D eigenvalue weighted by Crippen LogP contribution is 2.23. The lowest BCUT2D eigenvalue weighted by Gasteiger charge is -2.15. The Hall–Kier alpha value is -1.20. The van der Waals surface area contributed by atoms with Crippen LogP contribution in [0.1, 0.15) is 28.9 Å². The van der Waals surface area contributed by atoms with Crippen molar-refractivity contribution >= 4 is 37.8 Å². The quantitative estimate of drug-likeness (QED) is 0.784. The molecular formula is C15H12Br2FNO. The van der Waals surface area contributed by atoms with Gasteiger partial charge in [0.15, 0.2) is 0 Å². The lowest BCUT2D eigenvalue weighted by molar-refractivity contribution is 0.0939. The van der Waals surface area contributed by atoms with Crippen LogP contribution in [0, 0.1) is 5.82 Å². The summed E-state index contributed by atoms with van der Waals surface area (Å²) in [5, 5.41) is 2.89. The molecule has 1 N–H and O–H groups in total. The summed E-state index contributed by atoms with van der Waals surface area (Å²) in [7, 11) is 0. The molecule has 0 aliphatic rings. The van der Waals surface area contributed by atoms with Crippen LogP contribution in [-0.4, -0.2) is 5.91 Å². The van der Waals surface area contributed by atoms with Crippen molar-refractivity contribution < 1.29 is 9.18 Å². The van der Waals surface area contributed by atoms with Crippen LogP contribution >= 0.6 is 31.9 Å². The molecule has 1 unspecified atom stereocenters. The van der Waals surface area contributed by atoms with Crippen molar-refractivity contribution in [2.24, 2.45) is 0 Å². The SMILES string of the molecule is CC(NC(=O)c1ccc(Br)cc1Br)c1ccc(F)cc1. The minimum Gasteiger partial charge on any atom is -0.345 e. The van der Waals surface area contributed by atoms with Crippen molar-refractivity contribution in [2.45, 2.75) is 13.0 Å². The second-order valence-electron chi connectivity index (χ2n) is 4.37. The van der Waals surface area contributed by atoms with E-state index in [1.807, 2.05) is 19.1 Å². The summed E-state index contributed by atoms with van der Waals surface area (Å²) in [4.78, 5) is 12.2. The molecule has 20 heavy (non-hydrogen) atoms. The number of carbonyl (C=O) groups excluding carboxylic acids is 1. The third-order valence-electron chi connectivity index (χ3n) is 2.89. The summed E-state index contributed by atoms with van der Waals surface area (Å²) in [5.41, 5.74) is 1.41. The van der Waals surface area contributed by atoms with E-state index in [9.17, 15) is 9.18 Å². The molecule has 1 atom stereocenters. The normalized spacial score (nSPS) is 12.0. The Balaban J connectivity index is 2.13. The van der Waals surface area contributed by atoms with Crippen LogP contribution < -0.4 is 5.32 Å². The van der Waals surface area contributed by atoms with E-state index in [-0.39, 0.29) is 17.8 Å². The summed E-state index contributed by atoms with van der Waals surface area (Å²) < 4.78 is 14.5. The molecule has 0 saturated carbocycles. The fourth-order valence-corrected chi connectivity index (χ4v) is 3.01. The van der Waals surface area contributed by atoms with E-state index < -0.39 is 0 Å². The molecule has 104 valence electrons. The monoisotopic (exact) mass is 399 g/mol. The van der Waals surface area contributed by atoms with E-state index >= 15 is 0 Å². The maximum Gasteiger partial charge on any atom is 0.252 e. The average molecular weight is 401 g/mol. The van der Waals surface area contributed by atoms with Crippen molar-refractivity contribution in [1.29, 1.82) is 0 Å². The van der Waals surface area contributed by atoms with Gasteiger partial charge in [-0.1, -0.05) is 28.1 Å². The maximum absolute atomic E-state index is 12.9. The molecule has 0 spiro atoms. The largest absolute Gasteiger partial charge is 0.345 e. The number of halogens is 3. The van der Waals surface area contributed by atoms with Gasteiger partial charge in [-0.05, 0) is 58.7 Å². The zero-order valence-corrected chi connectivity index (χ0v) is 13.8. The van der Waals surface area contributed by atoms with Crippen LogP contribution in [0.15, 0.2) is 51.4 Å². The van der Waals surface area contributed by atoms with Gasteiger partial charge in [0.05, 0.1) is 11.6 Å². The molecule has 0 bridgehead atoms. The predicted molar refractivity (Wildman–Crippen MR) is 84.1 cm³/mol. The summed E-state index contributed by atoms with van der Waals surface area (Å²) in [5.74, 6) is -0.468. The van der Waals surface area contributed by atoms with Crippen LogP contribution in [0.5, 0.6) is 0 Å². The first-order valence-corrected chi connectivity index (χ1v) is 7.57. The molecule has 2 aromatic rings. The molecule has 0 fully saturated rings. The summed E-state index contributed by atoms with van der Waals surface area (Å²) in [6, 6.07) is 11.3. The van der Waals surface area contributed by atoms with E-state index in [2.05, 4.69) is 37.2 Å². The van der Waals surface area contributed by atoms with Crippen LogP contribution in [0.25, 0.3) is 0 Å². The van der Waals surface area contributed by atoms with E-state index in [4.69, 9.17) is 0 Å². The third-order valence-corrected chi connectivity index (χ3v) is 4.04. The minimum atomic E-state index is -0.289. The number of hydrogen-bond acceptors (Lipinski definition) is 1. The zero-order valence-electron chi connectivity index (χ0n) is 10.7. The Kier molecular flexibility index (Phi) is 4.94. The lowest BCUT2D eigenvalue weighted by atomic mass is 10.1. The van der Waals surface area contributed by atoms with Crippen LogP contribution in [-0.2, 0) is 0 Å². The molecule has 0 aliphatic heterocycles. The fraction of sp³-hybridized carbons (Fsp3) is 0.133. The second-order valence-corrected chi connectivity index (χ2v) is 6.14. The number of amides is 1. The zero-order chi connectivity index (χ0) is 14.7. The first-order chi connectivity index (χ1) is 9.47. The Bertz CT molecular complexity index is 628. The van der Waals surface area contributed by atoms with Crippen molar-refractivity contribution in [3.63, 3.8) is 0 Å². The molecule has 5 heteroatoms.